The zero-order valence-electron chi connectivity index (χ0n) is 14.7. The summed E-state index contributed by atoms with van der Waals surface area (Å²) < 4.78 is 38.2. The number of anilines is 1. The van der Waals surface area contributed by atoms with Crippen LogP contribution in [0.1, 0.15) is 31.2 Å². The van der Waals surface area contributed by atoms with Gasteiger partial charge in [0.05, 0.1) is 10.6 Å². The minimum atomic E-state index is -4.47. The van der Waals surface area contributed by atoms with E-state index in [0.717, 1.165) is 25.1 Å². The second-order valence-electron chi connectivity index (χ2n) is 6.95. The third kappa shape index (κ3) is 5.18. The number of carbonyl (C=O) groups is 1. The van der Waals surface area contributed by atoms with Crippen LogP contribution < -0.4 is 10.6 Å². The number of nitrogens with two attached hydrogens (primary N) is 1. The number of hydrogen-bond acceptors (Lipinski definition) is 4. The summed E-state index contributed by atoms with van der Waals surface area (Å²) in [6.45, 7) is 2.49. The maximum atomic E-state index is 12.7. The zero-order valence-corrected chi connectivity index (χ0v) is 16.3. The van der Waals surface area contributed by atoms with Gasteiger partial charge in [-0.3, -0.25) is 4.79 Å². The largest absolute Gasteiger partial charge is 0.417 e. The standard InChI is InChI=1S/C17H22ClF3N4O.ClH/c18-14-9-12(17(19,20)21)10-23-15(14)24-5-1-11(2-6-24)16(26)25-7-3-13(22)4-8-25;/h9-11,13H,1-8,22H2;1H. The Labute approximate surface area is 167 Å². The fourth-order valence-corrected chi connectivity index (χ4v) is 3.82. The molecule has 5 nitrogen and oxygen atoms in total. The third-order valence-electron chi connectivity index (χ3n) is 5.14. The molecule has 2 saturated heterocycles. The molecule has 2 aliphatic heterocycles. The van der Waals surface area contributed by atoms with Gasteiger partial charge >= 0.3 is 6.18 Å². The molecule has 2 N–H and O–H groups in total. The molecule has 27 heavy (non-hydrogen) atoms. The van der Waals surface area contributed by atoms with E-state index in [0.29, 0.717) is 44.8 Å². The van der Waals surface area contributed by atoms with Crippen molar-refractivity contribution in [2.24, 2.45) is 11.7 Å². The van der Waals surface area contributed by atoms with Crippen LogP contribution in [0.4, 0.5) is 19.0 Å². The average molecular weight is 427 g/mol. The predicted molar refractivity (Wildman–Crippen MR) is 100 cm³/mol. The van der Waals surface area contributed by atoms with Gasteiger partial charge in [-0.2, -0.15) is 13.2 Å². The van der Waals surface area contributed by atoms with Crippen molar-refractivity contribution in [1.82, 2.24) is 9.88 Å². The van der Waals surface area contributed by atoms with Gasteiger partial charge in [-0.05, 0) is 31.7 Å². The van der Waals surface area contributed by atoms with Crippen molar-refractivity contribution < 1.29 is 18.0 Å². The van der Waals surface area contributed by atoms with E-state index < -0.39 is 11.7 Å². The number of aromatic nitrogens is 1. The van der Waals surface area contributed by atoms with Crippen LogP contribution in [0.5, 0.6) is 0 Å². The highest BCUT2D eigenvalue weighted by Gasteiger charge is 2.34. The van der Waals surface area contributed by atoms with Gasteiger partial charge in [0.15, 0.2) is 0 Å². The van der Waals surface area contributed by atoms with Crippen LogP contribution in [0, 0.1) is 5.92 Å². The Kier molecular flexibility index (Phi) is 7.21. The molecule has 152 valence electrons. The number of carbonyl (C=O) groups excluding carboxylic acids is 1. The molecule has 2 aliphatic rings. The predicted octanol–water partition coefficient (Wildman–Crippen LogP) is 3.34. The van der Waals surface area contributed by atoms with Gasteiger partial charge in [0.1, 0.15) is 5.82 Å². The van der Waals surface area contributed by atoms with E-state index in [1.807, 2.05) is 9.80 Å². The summed E-state index contributed by atoms with van der Waals surface area (Å²) in [7, 11) is 0. The Hall–Kier alpha value is -1.25. The van der Waals surface area contributed by atoms with Gasteiger partial charge in [-0.25, -0.2) is 4.98 Å². The maximum Gasteiger partial charge on any atom is 0.417 e. The van der Waals surface area contributed by atoms with Crippen LogP contribution in [-0.2, 0) is 11.0 Å². The second-order valence-corrected chi connectivity index (χ2v) is 7.36. The first-order valence-electron chi connectivity index (χ1n) is 8.78. The van der Waals surface area contributed by atoms with Crippen molar-refractivity contribution in [2.45, 2.75) is 37.9 Å². The van der Waals surface area contributed by atoms with Crippen LogP contribution in [0.15, 0.2) is 12.3 Å². The lowest BCUT2D eigenvalue weighted by molar-refractivity contribution is -0.138. The first-order valence-corrected chi connectivity index (χ1v) is 9.15. The molecule has 0 unspecified atom stereocenters. The van der Waals surface area contributed by atoms with Gasteiger partial charge < -0.3 is 15.5 Å². The van der Waals surface area contributed by atoms with Gasteiger partial charge in [0.2, 0.25) is 5.91 Å². The molecule has 2 fully saturated rings. The Bertz CT molecular complexity index is 658. The van der Waals surface area contributed by atoms with E-state index in [9.17, 15) is 18.0 Å². The quantitative estimate of drug-likeness (QED) is 0.787. The van der Waals surface area contributed by atoms with Gasteiger partial charge in [-0.1, -0.05) is 11.6 Å². The minimum absolute atomic E-state index is 0. The Balaban J connectivity index is 0.00000261. The topological polar surface area (TPSA) is 62.5 Å². The highest BCUT2D eigenvalue weighted by Crippen LogP contribution is 2.34. The van der Waals surface area contributed by atoms with Crippen LogP contribution in [0.25, 0.3) is 0 Å². The summed E-state index contributed by atoms with van der Waals surface area (Å²) in [6, 6.07) is 1.08. The molecular formula is C17H23Cl2F3N4O. The zero-order chi connectivity index (χ0) is 18.9. The lowest BCUT2D eigenvalue weighted by Gasteiger charge is -2.37. The number of likely N-dealkylation sites (tertiary alicyclic amines) is 1. The molecule has 10 heteroatoms. The van der Waals surface area contributed by atoms with Crippen molar-refractivity contribution >= 4 is 35.7 Å². The summed E-state index contributed by atoms with van der Waals surface area (Å²) in [5.41, 5.74) is 5.01. The molecule has 0 saturated carbocycles. The van der Waals surface area contributed by atoms with Crippen molar-refractivity contribution in [2.75, 3.05) is 31.1 Å². The molecular weight excluding hydrogens is 404 g/mol. The van der Waals surface area contributed by atoms with Crippen molar-refractivity contribution in [1.29, 1.82) is 0 Å². The van der Waals surface area contributed by atoms with Crippen molar-refractivity contribution in [3.63, 3.8) is 0 Å². The number of pyridine rings is 1. The fourth-order valence-electron chi connectivity index (χ4n) is 3.53. The molecule has 0 aromatic carbocycles. The van der Waals surface area contributed by atoms with Gasteiger partial charge in [-0.15, -0.1) is 12.4 Å². The van der Waals surface area contributed by atoms with E-state index in [2.05, 4.69) is 4.98 Å². The van der Waals surface area contributed by atoms with Crippen LogP contribution >= 0.6 is 24.0 Å². The van der Waals surface area contributed by atoms with E-state index >= 15 is 0 Å². The maximum absolute atomic E-state index is 12.7. The molecule has 3 rings (SSSR count). The summed E-state index contributed by atoms with van der Waals surface area (Å²) >= 11 is 6.01. The summed E-state index contributed by atoms with van der Waals surface area (Å²) in [4.78, 5) is 20.3. The number of piperidine rings is 2. The van der Waals surface area contributed by atoms with Crippen molar-refractivity contribution in [3.05, 3.63) is 22.8 Å². The smallest absolute Gasteiger partial charge is 0.355 e. The first-order chi connectivity index (χ1) is 12.3. The number of rotatable bonds is 2. The highest BCUT2D eigenvalue weighted by atomic mass is 35.5. The third-order valence-corrected chi connectivity index (χ3v) is 5.42. The lowest BCUT2D eigenvalue weighted by atomic mass is 9.94. The SMILES string of the molecule is Cl.NC1CCN(C(=O)C2CCN(c3ncc(C(F)(F)F)cc3Cl)CC2)CC1. The highest BCUT2D eigenvalue weighted by molar-refractivity contribution is 6.33. The fraction of sp³-hybridized carbons (Fsp3) is 0.647. The summed E-state index contributed by atoms with van der Waals surface area (Å²) in [5, 5.41) is -0.0189. The second kappa shape index (κ2) is 8.84. The van der Waals surface area contributed by atoms with E-state index in [1.165, 1.54) is 0 Å². The van der Waals surface area contributed by atoms with E-state index in [1.54, 1.807) is 0 Å². The summed E-state index contributed by atoms with van der Waals surface area (Å²) in [5.74, 6) is 0.436. The normalized spacial score (nSPS) is 19.7. The van der Waals surface area contributed by atoms with Crippen LogP contribution in [-0.4, -0.2) is 48.0 Å². The molecule has 1 aromatic heterocycles. The Morgan fingerprint density at radius 3 is 2.26 bits per heavy atom. The number of hydrogen-bond donors (Lipinski definition) is 1. The Morgan fingerprint density at radius 2 is 1.74 bits per heavy atom. The number of halogens is 5. The molecule has 3 heterocycles. The van der Waals surface area contributed by atoms with Crippen LogP contribution in [0.2, 0.25) is 5.02 Å². The molecule has 0 radical (unpaired) electrons. The minimum Gasteiger partial charge on any atom is -0.355 e. The molecule has 0 bridgehead atoms. The molecule has 0 spiro atoms. The first kappa shape index (κ1) is 22.0. The van der Waals surface area contributed by atoms with E-state index in [4.69, 9.17) is 17.3 Å². The van der Waals surface area contributed by atoms with Crippen molar-refractivity contribution in [3.8, 4) is 0 Å². The average Bonchev–Trinajstić information content (AvgIpc) is 2.61. The molecule has 1 aromatic rings. The molecule has 0 aliphatic carbocycles. The Morgan fingerprint density at radius 1 is 1.15 bits per heavy atom. The molecule has 0 atom stereocenters. The van der Waals surface area contributed by atoms with Gasteiger partial charge in [0.25, 0.3) is 0 Å². The number of alkyl halides is 3. The molecule has 1 amide bonds. The lowest BCUT2D eigenvalue weighted by Crippen LogP contribution is -2.47. The van der Waals surface area contributed by atoms with Crippen LogP contribution in [0.3, 0.4) is 0 Å². The summed E-state index contributed by atoms with van der Waals surface area (Å²) in [6.07, 6.45) is -0.729. The van der Waals surface area contributed by atoms with E-state index in [-0.39, 0.29) is 35.3 Å². The number of nitrogens with zero attached hydrogens (tertiary/aromatic N) is 3. The van der Waals surface area contributed by atoms with Gasteiger partial charge in [0, 0.05) is 44.3 Å². The monoisotopic (exact) mass is 426 g/mol. The number of amides is 1.